The summed E-state index contributed by atoms with van der Waals surface area (Å²) < 4.78 is 6.02. The molecule has 1 heteroatoms. The van der Waals surface area contributed by atoms with Gasteiger partial charge in [-0.15, -0.1) is 0 Å². The molecule has 0 bridgehead atoms. The van der Waals surface area contributed by atoms with E-state index in [2.05, 4.69) is 56.3 Å². The summed E-state index contributed by atoms with van der Waals surface area (Å²) in [5.74, 6) is 2.46. The molecule has 0 N–H and O–H groups in total. The zero-order valence-electron chi connectivity index (χ0n) is 14.8. The topological polar surface area (TPSA) is 9.23 Å². The van der Waals surface area contributed by atoms with Gasteiger partial charge in [0.25, 0.3) is 0 Å². The van der Waals surface area contributed by atoms with Crippen LogP contribution in [0.2, 0.25) is 0 Å². The Morgan fingerprint density at radius 2 is 1.92 bits per heavy atom. The molecule has 1 nitrogen and oxygen atoms in total. The lowest BCUT2D eigenvalue weighted by molar-refractivity contribution is 0.442. The lowest BCUT2D eigenvalue weighted by Gasteiger charge is -2.21. The molecule has 1 radical (unpaired) electrons. The van der Waals surface area contributed by atoms with Crippen LogP contribution in [0.1, 0.15) is 63.0 Å². The number of hydrogen-bond donors (Lipinski definition) is 0. The molecular weight excluding hydrogens is 292 g/mol. The molecular formula is C23H27O. The van der Waals surface area contributed by atoms with Crippen LogP contribution in [-0.4, -0.2) is 0 Å². The van der Waals surface area contributed by atoms with Crippen molar-refractivity contribution in [3.63, 3.8) is 0 Å². The van der Waals surface area contributed by atoms with Gasteiger partial charge in [-0.25, -0.2) is 0 Å². The summed E-state index contributed by atoms with van der Waals surface area (Å²) in [6.07, 6.45) is 9.91. The van der Waals surface area contributed by atoms with Gasteiger partial charge in [0.05, 0.1) is 0 Å². The van der Waals surface area contributed by atoms with Gasteiger partial charge in [0.2, 0.25) is 0 Å². The predicted octanol–water partition coefficient (Wildman–Crippen LogP) is 6.84. The van der Waals surface area contributed by atoms with Gasteiger partial charge >= 0.3 is 0 Å². The Bertz CT molecular complexity index is 671. The Balaban J connectivity index is 1.65. The van der Waals surface area contributed by atoms with Gasteiger partial charge in [-0.2, -0.15) is 0 Å². The summed E-state index contributed by atoms with van der Waals surface area (Å²) in [7, 11) is 0. The maximum Gasteiger partial charge on any atom is 0.128 e. The third kappa shape index (κ3) is 4.74. The lowest BCUT2D eigenvalue weighted by atomic mass is 9.84. The average molecular weight is 319 g/mol. The van der Waals surface area contributed by atoms with Crippen LogP contribution in [0.5, 0.6) is 11.5 Å². The molecule has 1 saturated carbocycles. The maximum absolute atomic E-state index is 6.02. The van der Waals surface area contributed by atoms with Crippen LogP contribution in [-0.2, 0) is 6.42 Å². The van der Waals surface area contributed by atoms with Gasteiger partial charge in [0.15, 0.2) is 0 Å². The minimum Gasteiger partial charge on any atom is -0.457 e. The van der Waals surface area contributed by atoms with Gasteiger partial charge in [0, 0.05) is 0 Å². The van der Waals surface area contributed by atoms with Gasteiger partial charge in [0.1, 0.15) is 11.5 Å². The first-order valence-corrected chi connectivity index (χ1v) is 9.12. The molecule has 0 amide bonds. The van der Waals surface area contributed by atoms with Crippen LogP contribution in [0, 0.1) is 6.07 Å². The van der Waals surface area contributed by atoms with Gasteiger partial charge in [-0.1, -0.05) is 49.1 Å². The van der Waals surface area contributed by atoms with E-state index in [0.29, 0.717) is 5.92 Å². The normalized spacial score (nSPS) is 15.1. The zero-order valence-corrected chi connectivity index (χ0v) is 14.8. The van der Waals surface area contributed by atoms with E-state index in [9.17, 15) is 0 Å². The maximum atomic E-state index is 6.02. The molecule has 0 unspecified atom stereocenters. The van der Waals surface area contributed by atoms with E-state index in [-0.39, 0.29) is 0 Å². The van der Waals surface area contributed by atoms with Crippen LogP contribution in [0.25, 0.3) is 0 Å². The van der Waals surface area contributed by atoms with E-state index in [1.807, 2.05) is 12.1 Å². The highest BCUT2D eigenvalue weighted by atomic mass is 16.5. The van der Waals surface area contributed by atoms with Crippen LogP contribution < -0.4 is 4.74 Å². The van der Waals surface area contributed by atoms with Crippen LogP contribution in [0.15, 0.2) is 54.1 Å². The molecule has 0 heterocycles. The number of benzene rings is 2. The molecule has 0 spiro atoms. The molecule has 0 atom stereocenters. The van der Waals surface area contributed by atoms with Crippen molar-refractivity contribution >= 4 is 0 Å². The number of rotatable bonds is 5. The third-order valence-corrected chi connectivity index (χ3v) is 4.73. The summed E-state index contributed by atoms with van der Waals surface area (Å²) in [6.45, 7) is 4.26. The van der Waals surface area contributed by atoms with E-state index < -0.39 is 0 Å². The molecule has 3 rings (SSSR count). The minimum atomic E-state index is 0.695. The standard InChI is InChI=1S/C23H27O/c1-18(2)11-12-19-7-6-10-23(17-19)24-22-15-13-21(14-16-22)20-8-4-3-5-9-20/h6-7,10-11,13,15-17,20H,3-5,8-9,12H2,1-2H3. The SMILES string of the molecule is CC(C)=CCc1cccc(Oc2c[c]c(C3CCCCC3)cc2)c1. The van der Waals surface area contributed by atoms with Crippen LogP contribution in [0.3, 0.4) is 0 Å². The Labute approximate surface area is 146 Å². The highest BCUT2D eigenvalue weighted by Crippen LogP contribution is 2.33. The van der Waals surface area contributed by atoms with E-state index in [0.717, 1.165) is 17.9 Å². The predicted molar refractivity (Wildman–Crippen MR) is 101 cm³/mol. The molecule has 1 aliphatic carbocycles. The van der Waals surface area contributed by atoms with Crippen molar-refractivity contribution in [3.8, 4) is 11.5 Å². The van der Waals surface area contributed by atoms with E-state index in [4.69, 9.17) is 4.74 Å². The van der Waals surface area contributed by atoms with Crippen molar-refractivity contribution in [1.82, 2.24) is 0 Å². The summed E-state index contributed by atoms with van der Waals surface area (Å²) in [4.78, 5) is 0. The van der Waals surface area contributed by atoms with Crippen molar-refractivity contribution < 1.29 is 4.74 Å². The van der Waals surface area contributed by atoms with Gasteiger partial charge in [-0.05, 0) is 80.5 Å². The van der Waals surface area contributed by atoms with Crippen molar-refractivity contribution in [2.24, 2.45) is 0 Å². The van der Waals surface area contributed by atoms with Crippen LogP contribution in [0.4, 0.5) is 0 Å². The van der Waals surface area contributed by atoms with E-state index >= 15 is 0 Å². The molecule has 24 heavy (non-hydrogen) atoms. The molecule has 1 aliphatic rings. The van der Waals surface area contributed by atoms with E-state index in [1.54, 1.807) is 0 Å². The van der Waals surface area contributed by atoms with Crippen LogP contribution >= 0.6 is 0 Å². The molecule has 0 aliphatic heterocycles. The average Bonchev–Trinajstić information content (AvgIpc) is 2.62. The Hall–Kier alpha value is -2.02. The first-order valence-electron chi connectivity index (χ1n) is 9.12. The third-order valence-electron chi connectivity index (χ3n) is 4.73. The Kier molecular flexibility index (Phi) is 5.74. The fourth-order valence-electron chi connectivity index (χ4n) is 3.35. The van der Waals surface area contributed by atoms with Gasteiger partial charge < -0.3 is 4.74 Å². The van der Waals surface area contributed by atoms with Crippen molar-refractivity contribution in [2.45, 2.75) is 58.3 Å². The number of ether oxygens (including phenoxy) is 1. The molecule has 2 aromatic carbocycles. The zero-order chi connectivity index (χ0) is 16.8. The first kappa shape index (κ1) is 16.8. The second-order valence-electron chi connectivity index (χ2n) is 7.05. The highest BCUT2D eigenvalue weighted by molar-refractivity contribution is 5.36. The molecule has 1 fully saturated rings. The van der Waals surface area contributed by atoms with Crippen molar-refractivity contribution in [2.75, 3.05) is 0 Å². The number of allylic oxidation sites excluding steroid dienone is 2. The highest BCUT2D eigenvalue weighted by Gasteiger charge is 2.15. The second-order valence-corrected chi connectivity index (χ2v) is 7.05. The summed E-state index contributed by atoms with van der Waals surface area (Å²) in [6, 6.07) is 18.1. The fourth-order valence-corrected chi connectivity index (χ4v) is 3.35. The summed E-state index contributed by atoms with van der Waals surface area (Å²) in [5.41, 5.74) is 3.96. The minimum absolute atomic E-state index is 0.695. The molecule has 2 aromatic rings. The van der Waals surface area contributed by atoms with Crippen molar-refractivity contribution in [3.05, 3.63) is 71.3 Å². The molecule has 0 saturated heterocycles. The largest absolute Gasteiger partial charge is 0.457 e. The summed E-state index contributed by atoms with van der Waals surface area (Å²) in [5, 5.41) is 0. The summed E-state index contributed by atoms with van der Waals surface area (Å²) >= 11 is 0. The monoisotopic (exact) mass is 319 g/mol. The smallest absolute Gasteiger partial charge is 0.128 e. The van der Waals surface area contributed by atoms with Gasteiger partial charge in [-0.3, -0.25) is 0 Å². The fraction of sp³-hybridized carbons (Fsp3) is 0.391. The Morgan fingerprint density at radius 3 is 2.62 bits per heavy atom. The van der Waals surface area contributed by atoms with E-state index in [1.165, 1.54) is 48.8 Å². The second kappa shape index (κ2) is 8.19. The molecule has 125 valence electrons. The Morgan fingerprint density at radius 1 is 1.08 bits per heavy atom. The lowest BCUT2D eigenvalue weighted by Crippen LogP contribution is -2.04. The quantitative estimate of drug-likeness (QED) is 0.548. The van der Waals surface area contributed by atoms with Crippen molar-refractivity contribution in [1.29, 1.82) is 0 Å². The molecule has 0 aromatic heterocycles. The number of hydrogen-bond acceptors (Lipinski definition) is 1. The first-order chi connectivity index (χ1) is 11.7.